The molecule has 0 radical (unpaired) electrons. The van der Waals surface area contributed by atoms with Gasteiger partial charge >= 0.3 is 0 Å². The van der Waals surface area contributed by atoms with E-state index in [-0.39, 0.29) is 0 Å². The lowest BCUT2D eigenvalue weighted by atomic mass is 9.95. The average molecular weight is 582 g/mol. The predicted octanol–water partition coefficient (Wildman–Crippen LogP) is 10.8. The first-order chi connectivity index (χ1) is 21.8. The molecule has 206 valence electrons. The maximum atomic E-state index is 6.49. The van der Waals surface area contributed by atoms with Gasteiger partial charge in [-0.3, -0.25) is 0 Å². The van der Waals surface area contributed by atoms with Crippen LogP contribution in [0.4, 0.5) is 0 Å². The Bertz CT molecular complexity index is 2440. The van der Waals surface area contributed by atoms with Gasteiger partial charge in [0.05, 0.1) is 0 Å². The highest BCUT2D eigenvalue weighted by Gasteiger charge is 2.20. The van der Waals surface area contributed by atoms with Gasteiger partial charge in [0, 0.05) is 53.2 Å². The summed E-state index contributed by atoms with van der Waals surface area (Å²) >= 11 is 1.79. The molecule has 6 aromatic carbocycles. The molecule has 0 atom stereocenters. The summed E-state index contributed by atoms with van der Waals surface area (Å²) < 4.78 is 8.88. The Labute approximate surface area is 256 Å². The van der Waals surface area contributed by atoms with E-state index in [1.54, 1.807) is 11.3 Å². The molecule has 0 bridgehead atoms. The van der Waals surface area contributed by atoms with Crippen LogP contribution in [0.3, 0.4) is 0 Å². The number of nitrogens with zero attached hydrogens (tertiary/aromatic N) is 3. The number of fused-ring (bicyclic) bond motifs is 6. The van der Waals surface area contributed by atoms with Crippen molar-refractivity contribution in [3.05, 3.63) is 140 Å². The number of thiophene rings is 1. The van der Waals surface area contributed by atoms with E-state index in [0.29, 0.717) is 17.5 Å². The van der Waals surface area contributed by atoms with Crippen LogP contribution in [0.5, 0.6) is 0 Å². The molecule has 0 spiro atoms. The third kappa shape index (κ3) is 3.94. The van der Waals surface area contributed by atoms with E-state index < -0.39 is 0 Å². The molecule has 0 aliphatic carbocycles. The highest BCUT2D eigenvalue weighted by Crippen LogP contribution is 2.46. The van der Waals surface area contributed by atoms with E-state index in [0.717, 1.165) is 55.1 Å². The lowest BCUT2D eigenvalue weighted by Crippen LogP contribution is -2.00. The van der Waals surface area contributed by atoms with Crippen LogP contribution in [-0.2, 0) is 0 Å². The Hall–Kier alpha value is -5.65. The van der Waals surface area contributed by atoms with Crippen molar-refractivity contribution in [3.63, 3.8) is 0 Å². The Morgan fingerprint density at radius 1 is 0.409 bits per heavy atom. The highest BCUT2D eigenvalue weighted by atomic mass is 32.1. The van der Waals surface area contributed by atoms with E-state index in [1.807, 2.05) is 72.8 Å². The summed E-state index contributed by atoms with van der Waals surface area (Å²) in [5.41, 5.74) is 6.88. The zero-order chi connectivity index (χ0) is 29.0. The highest BCUT2D eigenvalue weighted by molar-refractivity contribution is 7.26. The van der Waals surface area contributed by atoms with Crippen molar-refractivity contribution in [2.24, 2.45) is 0 Å². The molecule has 9 aromatic rings. The Morgan fingerprint density at radius 3 is 1.64 bits per heavy atom. The molecule has 0 aliphatic rings. The number of furan rings is 1. The number of aromatic nitrogens is 3. The summed E-state index contributed by atoms with van der Waals surface area (Å²) in [4.78, 5) is 15.1. The fourth-order valence-electron chi connectivity index (χ4n) is 6.17. The number of hydrogen-bond acceptors (Lipinski definition) is 5. The van der Waals surface area contributed by atoms with Crippen LogP contribution >= 0.6 is 11.3 Å². The van der Waals surface area contributed by atoms with Crippen molar-refractivity contribution in [1.29, 1.82) is 0 Å². The number of hydrogen-bond donors (Lipinski definition) is 0. The van der Waals surface area contributed by atoms with Gasteiger partial charge in [0.15, 0.2) is 17.5 Å². The minimum absolute atomic E-state index is 0.651. The number of rotatable bonds is 4. The van der Waals surface area contributed by atoms with E-state index in [2.05, 4.69) is 66.7 Å². The molecule has 9 rings (SSSR count). The monoisotopic (exact) mass is 581 g/mol. The van der Waals surface area contributed by atoms with Crippen molar-refractivity contribution in [2.75, 3.05) is 0 Å². The molecule has 3 heterocycles. The average Bonchev–Trinajstić information content (AvgIpc) is 3.68. The van der Waals surface area contributed by atoms with Crippen LogP contribution in [-0.4, -0.2) is 15.0 Å². The maximum Gasteiger partial charge on any atom is 0.164 e. The molecule has 0 saturated carbocycles. The topological polar surface area (TPSA) is 51.8 Å². The smallest absolute Gasteiger partial charge is 0.164 e. The summed E-state index contributed by atoms with van der Waals surface area (Å²) in [5, 5.41) is 4.56. The van der Waals surface area contributed by atoms with Crippen molar-refractivity contribution in [1.82, 2.24) is 15.0 Å². The molecular weight excluding hydrogens is 559 g/mol. The van der Waals surface area contributed by atoms with Crippen LogP contribution in [0.2, 0.25) is 0 Å². The molecule has 0 amide bonds. The molecule has 0 saturated heterocycles. The minimum atomic E-state index is 0.651. The SMILES string of the molecule is c1ccc(-c2nc(-c3ccccc3)nc(-c3cccc4sc5cccc(-c6cccc7c6oc6ccccc67)c5c34)n2)cc1. The van der Waals surface area contributed by atoms with E-state index in [4.69, 9.17) is 19.4 Å². The zero-order valence-corrected chi connectivity index (χ0v) is 24.3. The summed E-state index contributed by atoms with van der Waals surface area (Å²) in [6, 6.07) is 47.9. The number of benzene rings is 6. The Morgan fingerprint density at radius 2 is 0.932 bits per heavy atom. The second kappa shape index (κ2) is 9.97. The lowest BCUT2D eigenvalue weighted by Gasteiger charge is -2.11. The van der Waals surface area contributed by atoms with E-state index >= 15 is 0 Å². The fraction of sp³-hybridized carbons (Fsp3) is 0. The van der Waals surface area contributed by atoms with Gasteiger partial charge in [0.25, 0.3) is 0 Å². The Kier molecular flexibility index (Phi) is 5.64. The molecular formula is C39H23N3OS. The largest absolute Gasteiger partial charge is 0.455 e. The maximum absolute atomic E-state index is 6.49. The van der Waals surface area contributed by atoms with Gasteiger partial charge in [-0.15, -0.1) is 11.3 Å². The summed E-state index contributed by atoms with van der Waals surface area (Å²) in [6.07, 6.45) is 0. The zero-order valence-electron chi connectivity index (χ0n) is 23.4. The molecule has 3 aromatic heterocycles. The third-order valence-electron chi connectivity index (χ3n) is 8.16. The van der Waals surface area contributed by atoms with Gasteiger partial charge in [-0.2, -0.15) is 0 Å². The van der Waals surface area contributed by atoms with E-state index in [9.17, 15) is 0 Å². The Balaban J connectivity index is 1.34. The summed E-state index contributed by atoms with van der Waals surface area (Å²) in [6.45, 7) is 0. The van der Waals surface area contributed by atoms with Crippen LogP contribution in [0.25, 0.3) is 87.4 Å². The first kappa shape index (κ1) is 24.9. The molecule has 0 aliphatic heterocycles. The van der Waals surface area contributed by atoms with Gasteiger partial charge < -0.3 is 4.42 Å². The first-order valence-electron chi connectivity index (χ1n) is 14.5. The number of para-hydroxylation sites is 2. The van der Waals surface area contributed by atoms with Crippen LogP contribution in [0.1, 0.15) is 0 Å². The fourth-order valence-corrected chi connectivity index (χ4v) is 7.32. The standard InChI is InChI=1S/C39H23N3OS/c1-3-12-24(13-4-1)37-40-38(25-14-5-2-6-15-25)42-39(41-37)30-20-11-23-33-35(30)34-27(17-10-22-32(34)44-33)29-19-9-18-28-26-16-7-8-21-31(26)43-36(28)29/h1-23H. The molecule has 0 unspecified atom stereocenters. The normalized spacial score (nSPS) is 11.6. The van der Waals surface area contributed by atoms with Crippen molar-refractivity contribution >= 4 is 53.4 Å². The van der Waals surface area contributed by atoms with Crippen molar-refractivity contribution in [2.45, 2.75) is 0 Å². The van der Waals surface area contributed by atoms with Gasteiger partial charge in [0.1, 0.15) is 11.2 Å². The first-order valence-corrected chi connectivity index (χ1v) is 15.4. The van der Waals surface area contributed by atoms with E-state index in [1.165, 1.54) is 14.8 Å². The van der Waals surface area contributed by atoms with Crippen LogP contribution in [0, 0.1) is 0 Å². The van der Waals surface area contributed by atoms with Crippen molar-refractivity contribution in [3.8, 4) is 45.3 Å². The molecule has 44 heavy (non-hydrogen) atoms. The summed E-state index contributed by atoms with van der Waals surface area (Å²) in [5.74, 6) is 1.95. The van der Waals surface area contributed by atoms with Crippen LogP contribution in [0.15, 0.2) is 144 Å². The predicted molar refractivity (Wildman–Crippen MR) is 182 cm³/mol. The summed E-state index contributed by atoms with van der Waals surface area (Å²) in [7, 11) is 0. The molecule has 0 N–H and O–H groups in total. The molecule has 0 fully saturated rings. The second-order valence-electron chi connectivity index (χ2n) is 10.8. The molecule has 4 nitrogen and oxygen atoms in total. The lowest BCUT2D eigenvalue weighted by molar-refractivity contribution is 0.670. The molecule has 5 heteroatoms. The third-order valence-corrected chi connectivity index (χ3v) is 9.28. The second-order valence-corrected chi connectivity index (χ2v) is 11.9. The van der Waals surface area contributed by atoms with Gasteiger partial charge in [-0.05, 0) is 23.8 Å². The van der Waals surface area contributed by atoms with Crippen molar-refractivity contribution < 1.29 is 4.42 Å². The van der Waals surface area contributed by atoms with Gasteiger partial charge in [-0.1, -0.05) is 121 Å². The van der Waals surface area contributed by atoms with Gasteiger partial charge in [0.2, 0.25) is 0 Å². The van der Waals surface area contributed by atoms with Crippen LogP contribution < -0.4 is 0 Å². The quantitative estimate of drug-likeness (QED) is 0.207. The van der Waals surface area contributed by atoms with Gasteiger partial charge in [-0.25, -0.2) is 15.0 Å². The minimum Gasteiger partial charge on any atom is -0.455 e.